The van der Waals surface area contributed by atoms with Gasteiger partial charge in [0.1, 0.15) is 11.3 Å². The van der Waals surface area contributed by atoms with Crippen LogP contribution in [-0.2, 0) is 5.60 Å². The van der Waals surface area contributed by atoms with E-state index in [0.717, 1.165) is 5.69 Å². The predicted octanol–water partition coefficient (Wildman–Crippen LogP) is 1.06. The first-order chi connectivity index (χ1) is 9.98. The molecule has 0 bridgehead atoms. The van der Waals surface area contributed by atoms with Crippen LogP contribution in [-0.4, -0.2) is 43.2 Å². The third kappa shape index (κ3) is 2.61. The maximum absolute atomic E-state index is 10.8. The van der Waals surface area contributed by atoms with Gasteiger partial charge in [0.2, 0.25) is 5.95 Å². The standard InChI is InChI=1S/C14H20N6O/c1-10(2)20-8-12(17-18-20)14(21)5-7-19(9-14)13-15-6-4-11(3)16-13/h4,6,8,10,21H,5,7,9H2,1-3H3/t14-/m0/s1. The molecule has 0 spiro atoms. The van der Waals surface area contributed by atoms with Crippen molar-refractivity contribution in [1.29, 1.82) is 0 Å². The summed E-state index contributed by atoms with van der Waals surface area (Å²) in [5.41, 5.74) is 0.549. The number of aliphatic hydroxyl groups is 1. The van der Waals surface area contributed by atoms with E-state index in [1.165, 1.54) is 0 Å². The van der Waals surface area contributed by atoms with E-state index in [4.69, 9.17) is 0 Å². The summed E-state index contributed by atoms with van der Waals surface area (Å²) in [6.07, 6.45) is 4.16. The molecule has 7 heteroatoms. The van der Waals surface area contributed by atoms with Crippen molar-refractivity contribution in [3.05, 3.63) is 29.8 Å². The summed E-state index contributed by atoms with van der Waals surface area (Å²) in [4.78, 5) is 10.7. The van der Waals surface area contributed by atoms with Crippen molar-refractivity contribution in [1.82, 2.24) is 25.0 Å². The average molecular weight is 288 g/mol. The molecule has 1 N–H and O–H groups in total. The molecule has 0 aromatic carbocycles. The molecule has 0 unspecified atom stereocenters. The first-order valence-electron chi connectivity index (χ1n) is 7.17. The predicted molar refractivity (Wildman–Crippen MR) is 77.9 cm³/mol. The lowest BCUT2D eigenvalue weighted by Gasteiger charge is -2.21. The van der Waals surface area contributed by atoms with Crippen LogP contribution in [0.25, 0.3) is 0 Å². The van der Waals surface area contributed by atoms with Crippen molar-refractivity contribution in [3.63, 3.8) is 0 Å². The zero-order valence-corrected chi connectivity index (χ0v) is 12.6. The molecule has 0 saturated carbocycles. The number of aromatic nitrogens is 5. The Morgan fingerprint density at radius 2 is 2.19 bits per heavy atom. The number of aryl methyl sites for hydroxylation is 1. The monoisotopic (exact) mass is 288 g/mol. The number of rotatable bonds is 3. The van der Waals surface area contributed by atoms with Gasteiger partial charge in [-0.3, -0.25) is 0 Å². The van der Waals surface area contributed by atoms with Crippen molar-refractivity contribution in [2.24, 2.45) is 0 Å². The molecule has 1 fully saturated rings. The Labute approximate surface area is 123 Å². The van der Waals surface area contributed by atoms with Crippen LogP contribution in [0.3, 0.4) is 0 Å². The molecule has 0 amide bonds. The lowest BCUT2D eigenvalue weighted by Crippen LogP contribution is -2.32. The Hall–Kier alpha value is -2.02. The fourth-order valence-corrected chi connectivity index (χ4v) is 2.50. The van der Waals surface area contributed by atoms with Gasteiger partial charge >= 0.3 is 0 Å². The van der Waals surface area contributed by atoms with Crippen LogP contribution in [0.4, 0.5) is 5.95 Å². The molecule has 1 atom stereocenters. The third-order valence-electron chi connectivity index (χ3n) is 3.83. The molecule has 3 heterocycles. The maximum Gasteiger partial charge on any atom is 0.225 e. The Morgan fingerprint density at radius 1 is 1.38 bits per heavy atom. The van der Waals surface area contributed by atoms with E-state index < -0.39 is 5.60 Å². The quantitative estimate of drug-likeness (QED) is 0.909. The van der Waals surface area contributed by atoms with E-state index in [1.54, 1.807) is 10.9 Å². The van der Waals surface area contributed by atoms with E-state index in [-0.39, 0.29) is 6.04 Å². The van der Waals surface area contributed by atoms with Crippen LogP contribution in [0.5, 0.6) is 0 Å². The first kappa shape index (κ1) is 13.9. The second-order valence-corrected chi connectivity index (χ2v) is 5.88. The normalized spacial score (nSPS) is 22.2. The highest BCUT2D eigenvalue weighted by molar-refractivity contribution is 5.35. The van der Waals surface area contributed by atoms with Crippen molar-refractivity contribution < 1.29 is 5.11 Å². The molecule has 21 heavy (non-hydrogen) atoms. The van der Waals surface area contributed by atoms with E-state index in [2.05, 4.69) is 20.3 Å². The van der Waals surface area contributed by atoms with Crippen LogP contribution < -0.4 is 4.90 Å². The number of hydrogen-bond acceptors (Lipinski definition) is 6. The van der Waals surface area contributed by atoms with Crippen LogP contribution in [0.1, 0.15) is 37.7 Å². The van der Waals surface area contributed by atoms with Gasteiger partial charge in [0.05, 0.1) is 12.7 Å². The summed E-state index contributed by atoms with van der Waals surface area (Å²) in [7, 11) is 0. The molecule has 1 saturated heterocycles. The van der Waals surface area contributed by atoms with Gasteiger partial charge < -0.3 is 10.0 Å². The maximum atomic E-state index is 10.8. The van der Waals surface area contributed by atoms with Gasteiger partial charge in [-0.25, -0.2) is 14.6 Å². The second kappa shape index (κ2) is 5.07. The minimum Gasteiger partial charge on any atom is -0.381 e. The first-order valence-corrected chi connectivity index (χ1v) is 7.17. The van der Waals surface area contributed by atoms with Gasteiger partial charge in [0.15, 0.2) is 0 Å². The zero-order chi connectivity index (χ0) is 15.0. The van der Waals surface area contributed by atoms with Gasteiger partial charge in [0, 0.05) is 30.9 Å². The molecular formula is C14H20N6O. The van der Waals surface area contributed by atoms with Gasteiger partial charge in [-0.15, -0.1) is 5.10 Å². The van der Waals surface area contributed by atoms with Crippen LogP contribution in [0.2, 0.25) is 0 Å². The van der Waals surface area contributed by atoms with Crippen molar-refractivity contribution in [3.8, 4) is 0 Å². The fraction of sp³-hybridized carbons (Fsp3) is 0.571. The van der Waals surface area contributed by atoms with E-state index in [1.807, 2.05) is 37.9 Å². The van der Waals surface area contributed by atoms with E-state index >= 15 is 0 Å². The van der Waals surface area contributed by atoms with Crippen LogP contribution in [0.15, 0.2) is 18.5 Å². The van der Waals surface area contributed by atoms with Crippen molar-refractivity contribution >= 4 is 5.95 Å². The highest BCUT2D eigenvalue weighted by Crippen LogP contribution is 2.32. The lowest BCUT2D eigenvalue weighted by atomic mass is 10.00. The number of nitrogens with zero attached hydrogens (tertiary/aromatic N) is 6. The minimum atomic E-state index is -0.986. The van der Waals surface area contributed by atoms with Crippen LogP contribution in [0, 0.1) is 6.92 Å². The molecule has 0 aliphatic carbocycles. The molecule has 1 aliphatic heterocycles. The second-order valence-electron chi connectivity index (χ2n) is 5.88. The van der Waals surface area contributed by atoms with Gasteiger partial charge in [0.25, 0.3) is 0 Å². The van der Waals surface area contributed by atoms with Crippen molar-refractivity contribution in [2.75, 3.05) is 18.0 Å². The topological polar surface area (TPSA) is 80.0 Å². The molecule has 2 aromatic rings. The van der Waals surface area contributed by atoms with Crippen LogP contribution >= 0.6 is 0 Å². The highest BCUT2D eigenvalue weighted by Gasteiger charge is 2.41. The molecule has 7 nitrogen and oxygen atoms in total. The average Bonchev–Trinajstić information content (AvgIpc) is 3.06. The SMILES string of the molecule is Cc1ccnc(N2CC[C@@](O)(c3cn(C(C)C)nn3)C2)n1. The van der Waals surface area contributed by atoms with E-state index in [0.29, 0.717) is 31.2 Å². The summed E-state index contributed by atoms with van der Waals surface area (Å²) in [6.45, 7) is 7.14. The molecular weight excluding hydrogens is 268 g/mol. The Kier molecular flexibility index (Phi) is 3.36. The van der Waals surface area contributed by atoms with Gasteiger partial charge in [-0.2, -0.15) is 0 Å². The number of hydrogen-bond donors (Lipinski definition) is 1. The van der Waals surface area contributed by atoms with E-state index in [9.17, 15) is 5.11 Å². The van der Waals surface area contributed by atoms with Crippen molar-refractivity contribution in [2.45, 2.75) is 38.8 Å². The molecule has 112 valence electrons. The molecule has 2 aromatic heterocycles. The molecule has 1 aliphatic rings. The highest BCUT2D eigenvalue weighted by atomic mass is 16.3. The summed E-state index contributed by atoms with van der Waals surface area (Å²) >= 11 is 0. The summed E-state index contributed by atoms with van der Waals surface area (Å²) in [5, 5.41) is 19.1. The summed E-state index contributed by atoms with van der Waals surface area (Å²) in [5.74, 6) is 0.655. The lowest BCUT2D eigenvalue weighted by molar-refractivity contribution is 0.0558. The Balaban J connectivity index is 1.81. The molecule has 0 radical (unpaired) electrons. The Bertz CT molecular complexity index is 640. The zero-order valence-electron chi connectivity index (χ0n) is 12.6. The third-order valence-corrected chi connectivity index (χ3v) is 3.83. The number of anilines is 1. The Morgan fingerprint density at radius 3 is 2.86 bits per heavy atom. The summed E-state index contributed by atoms with van der Waals surface area (Å²) < 4.78 is 1.76. The number of β-amino-alcohol motifs (C(OH)–C–C–N with tert-alkyl or cyclic N) is 1. The minimum absolute atomic E-state index is 0.229. The van der Waals surface area contributed by atoms with Gasteiger partial charge in [-0.1, -0.05) is 5.21 Å². The summed E-state index contributed by atoms with van der Waals surface area (Å²) in [6, 6.07) is 2.09. The largest absolute Gasteiger partial charge is 0.381 e. The fourth-order valence-electron chi connectivity index (χ4n) is 2.50. The van der Waals surface area contributed by atoms with Gasteiger partial charge in [-0.05, 0) is 26.8 Å². The smallest absolute Gasteiger partial charge is 0.225 e. The molecule has 3 rings (SSSR count).